The van der Waals surface area contributed by atoms with Gasteiger partial charge in [-0.1, -0.05) is 12.1 Å². The number of aromatic nitrogens is 2. The molecule has 0 N–H and O–H groups in total. The van der Waals surface area contributed by atoms with E-state index in [1.807, 2.05) is 24.3 Å². The molecule has 21 heavy (non-hydrogen) atoms. The van der Waals surface area contributed by atoms with Crippen LogP contribution >= 0.6 is 11.6 Å². The molecule has 1 saturated heterocycles. The Hall–Kier alpha value is -1.44. The van der Waals surface area contributed by atoms with Crippen molar-refractivity contribution in [2.75, 3.05) is 37.3 Å². The summed E-state index contributed by atoms with van der Waals surface area (Å²) in [4.78, 5) is 10.6. The quantitative estimate of drug-likeness (QED) is 0.780. The van der Waals surface area contributed by atoms with Crippen LogP contribution < -0.4 is 4.90 Å². The summed E-state index contributed by atoms with van der Waals surface area (Å²) in [5.41, 5.74) is 0.790. The molecule has 1 aromatic heterocycles. The third kappa shape index (κ3) is 2.95. The second-order valence-electron chi connectivity index (χ2n) is 4.98. The maximum absolute atomic E-state index is 11.6. The van der Waals surface area contributed by atoms with E-state index in [0.29, 0.717) is 26.2 Å². The molecule has 112 valence electrons. The first-order chi connectivity index (χ1) is 9.95. The number of hydrogen-bond donors (Lipinski definition) is 0. The van der Waals surface area contributed by atoms with Crippen LogP contribution in [0.3, 0.4) is 0 Å². The van der Waals surface area contributed by atoms with Crippen LogP contribution in [0.25, 0.3) is 10.9 Å². The maximum atomic E-state index is 11.6. The zero-order valence-electron chi connectivity index (χ0n) is 11.5. The first-order valence-corrected chi connectivity index (χ1v) is 8.80. The van der Waals surface area contributed by atoms with Crippen molar-refractivity contribution < 1.29 is 8.42 Å². The van der Waals surface area contributed by atoms with Crippen LogP contribution in [0, 0.1) is 0 Å². The molecule has 1 aliphatic rings. The van der Waals surface area contributed by atoms with Crippen molar-refractivity contribution in [2.45, 2.75) is 0 Å². The Kier molecular flexibility index (Phi) is 3.73. The van der Waals surface area contributed by atoms with Gasteiger partial charge in [0.05, 0.1) is 11.8 Å². The second-order valence-corrected chi connectivity index (χ2v) is 7.30. The Bertz CT molecular complexity index is 773. The van der Waals surface area contributed by atoms with Crippen LogP contribution in [0.4, 0.5) is 5.82 Å². The molecule has 0 saturated carbocycles. The van der Waals surface area contributed by atoms with E-state index < -0.39 is 10.0 Å². The molecule has 1 aliphatic heterocycles. The minimum Gasteiger partial charge on any atom is -0.353 e. The molecule has 0 unspecified atom stereocenters. The standard InChI is InChI=1S/C13H15ClN4O2S/c1-21(19,20)18-8-6-17(7-9-18)12-10-4-2-3-5-11(10)15-13(14)16-12/h2-5H,6-9H2,1H3. The molecule has 2 heterocycles. The highest BCUT2D eigenvalue weighted by Gasteiger charge is 2.25. The number of fused-ring (bicyclic) bond motifs is 1. The molecule has 2 aromatic rings. The summed E-state index contributed by atoms with van der Waals surface area (Å²) >= 11 is 5.99. The summed E-state index contributed by atoms with van der Waals surface area (Å²) in [5.74, 6) is 0.763. The molecular weight excluding hydrogens is 312 g/mol. The van der Waals surface area contributed by atoms with Crippen LogP contribution in [0.5, 0.6) is 0 Å². The molecule has 0 atom stereocenters. The molecule has 8 heteroatoms. The van der Waals surface area contributed by atoms with E-state index in [2.05, 4.69) is 14.9 Å². The monoisotopic (exact) mass is 326 g/mol. The Morgan fingerprint density at radius 1 is 1.10 bits per heavy atom. The van der Waals surface area contributed by atoms with Gasteiger partial charge in [0.2, 0.25) is 15.3 Å². The lowest BCUT2D eigenvalue weighted by molar-refractivity contribution is 0.387. The predicted molar refractivity (Wildman–Crippen MR) is 83.2 cm³/mol. The third-order valence-corrected chi connectivity index (χ3v) is 5.04. The fourth-order valence-electron chi connectivity index (χ4n) is 2.50. The average molecular weight is 327 g/mol. The zero-order valence-corrected chi connectivity index (χ0v) is 13.1. The lowest BCUT2D eigenvalue weighted by Crippen LogP contribution is -2.48. The zero-order chi connectivity index (χ0) is 15.0. The van der Waals surface area contributed by atoms with Gasteiger partial charge in [-0.15, -0.1) is 0 Å². The number of rotatable bonds is 2. The average Bonchev–Trinajstić information content (AvgIpc) is 2.45. The summed E-state index contributed by atoms with van der Waals surface area (Å²) in [5, 5.41) is 1.13. The molecule has 1 aromatic carbocycles. The van der Waals surface area contributed by atoms with Gasteiger partial charge in [-0.05, 0) is 23.7 Å². The van der Waals surface area contributed by atoms with Gasteiger partial charge in [0.15, 0.2) is 0 Å². The van der Waals surface area contributed by atoms with Crippen LogP contribution in [0.15, 0.2) is 24.3 Å². The van der Waals surface area contributed by atoms with E-state index in [1.165, 1.54) is 10.6 Å². The van der Waals surface area contributed by atoms with Gasteiger partial charge < -0.3 is 4.90 Å². The number of halogens is 1. The highest BCUT2D eigenvalue weighted by atomic mass is 35.5. The van der Waals surface area contributed by atoms with E-state index in [9.17, 15) is 8.42 Å². The molecule has 6 nitrogen and oxygen atoms in total. The molecule has 1 fully saturated rings. The lowest BCUT2D eigenvalue weighted by atomic mass is 10.2. The largest absolute Gasteiger partial charge is 0.353 e. The van der Waals surface area contributed by atoms with Crippen LogP contribution in [0.1, 0.15) is 0 Å². The number of piperazine rings is 1. The maximum Gasteiger partial charge on any atom is 0.224 e. The predicted octanol–water partition coefficient (Wildman–Crippen LogP) is 1.36. The molecular formula is C13H15ClN4O2S. The summed E-state index contributed by atoms with van der Waals surface area (Å²) in [7, 11) is -3.13. The van der Waals surface area contributed by atoms with Crippen LogP contribution in [0.2, 0.25) is 5.28 Å². The number of anilines is 1. The molecule has 0 bridgehead atoms. The Labute approximate surface area is 128 Å². The second kappa shape index (κ2) is 5.40. The Morgan fingerprint density at radius 2 is 1.76 bits per heavy atom. The van der Waals surface area contributed by atoms with Crippen molar-refractivity contribution in [1.82, 2.24) is 14.3 Å². The highest BCUT2D eigenvalue weighted by molar-refractivity contribution is 7.88. The molecule has 0 aliphatic carbocycles. The van der Waals surface area contributed by atoms with Gasteiger partial charge >= 0.3 is 0 Å². The number of sulfonamides is 1. The molecule has 0 spiro atoms. The number of benzene rings is 1. The van der Waals surface area contributed by atoms with Crippen molar-refractivity contribution in [3.63, 3.8) is 0 Å². The van der Waals surface area contributed by atoms with Gasteiger partial charge in [0.1, 0.15) is 5.82 Å². The van der Waals surface area contributed by atoms with Crippen LogP contribution in [-0.4, -0.2) is 55.1 Å². The van der Waals surface area contributed by atoms with Gasteiger partial charge in [0.25, 0.3) is 0 Å². The van der Waals surface area contributed by atoms with Gasteiger partial charge in [-0.25, -0.2) is 13.4 Å². The normalized spacial score (nSPS) is 17.3. The fraction of sp³-hybridized carbons (Fsp3) is 0.385. The molecule has 3 rings (SSSR count). The lowest BCUT2D eigenvalue weighted by Gasteiger charge is -2.34. The van der Waals surface area contributed by atoms with Crippen molar-refractivity contribution in [2.24, 2.45) is 0 Å². The third-order valence-electron chi connectivity index (χ3n) is 3.56. The summed E-state index contributed by atoms with van der Waals surface area (Å²) in [6.45, 7) is 2.08. The molecule has 0 radical (unpaired) electrons. The highest BCUT2D eigenvalue weighted by Crippen LogP contribution is 2.26. The summed E-state index contributed by atoms with van der Waals surface area (Å²) in [6, 6.07) is 7.66. The first-order valence-electron chi connectivity index (χ1n) is 6.57. The van der Waals surface area contributed by atoms with E-state index in [4.69, 9.17) is 11.6 Å². The SMILES string of the molecule is CS(=O)(=O)N1CCN(c2nc(Cl)nc3ccccc23)CC1. The van der Waals surface area contributed by atoms with E-state index >= 15 is 0 Å². The minimum absolute atomic E-state index is 0.203. The van der Waals surface area contributed by atoms with Gasteiger partial charge in [-0.3, -0.25) is 0 Å². The number of hydrogen-bond acceptors (Lipinski definition) is 5. The minimum atomic E-state index is -3.13. The smallest absolute Gasteiger partial charge is 0.224 e. The summed E-state index contributed by atoms with van der Waals surface area (Å²) < 4.78 is 24.6. The van der Waals surface area contributed by atoms with E-state index in [0.717, 1.165) is 16.7 Å². The topological polar surface area (TPSA) is 66.4 Å². The van der Waals surface area contributed by atoms with Crippen molar-refractivity contribution in [3.05, 3.63) is 29.5 Å². The number of nitrogens with zero attached hydrogens (tertiary/aromatic N) is 4. The van der Waals surface area contributed by atoms with Gasteiger partial charge in [0, 0.05) is 31.6 Å². The van der Waals surface area contributed by atoms with E-state index in [-0.39, 0.29) is 5.28 Å². The van der Waals surface area contributed by atoms with Crippen molar-refractivity contribution in [1.29, 1.82) is 0 Å². The Morgan fingerprint density at radius 3 is 2.43 bits per heavy atom. The first kappa shape index (κ1) is 14.5. The van der Waals surface area contributed by atoms with Crippen LogP contribution in [-0.2, 0) is 10.0 Å². The number of para-hydroxylation sites is 1. The molecule has 0 amide bonds. The van der Waals surface area contributed by atoms with E-state index in [1.54, 1.807) is 0 Å². The van der Waals surface area contributed by atoms with Crippen molar-refractivity contribution in [3.8, 4) is 0 Å². The fourth-order valence-corrected chi connectivity index (χ4v) is 3.50. The summed E-state index contributed by atoms with van der Waals surface area (Å²) in [6.07, 6.45) is 1.24. The Balaban J connectivity index is 1.92. The van der Waals surface area contributed by atoms with Gasteiger partial charge in [-0.2, -0.15) is 9.29 Å². The van der Waals surface area contributed by atoms with Crippen molar-refractivity contribution >= 4 is 38.3 Å².